The average molecular weight is 519 g/mol. The summed E-state index contributed by atoms with van der Waals surface area (Å²) < 4.78 is 15.9. The molecule has 1 aromatic rings. The summed E-state index contributed by atoms with van der Waals surface area (Å²) >= 11 is 0. The highest BCUT2D eigenvalue weighted by Crippen LogP contribution is 2.14. The maximum Gasteiger partial charge on any atom is 0.251 e. The number of carbonyl (C=O) groups excluding carboxylic acids is 3. The summed E-state index contributed by atoms with van der Waals surface area (Å²) in [6.45, 7) is 4.70. The van der Waals surface area contributed by atoms with Crippen molar-refractivity contribution in [3.05, 3.63) is 55.8 Å². The van der Waals surface area contributed by atoms with E-state index in [9.17, 15) is 14.4 Å². The van der Waals surface area contributed by atoms with E-state index in [4.69, 9.17) is 25.3 Å². The second-order valence-electron chi connectivity index (χ2n) is 7.58. The van der Waals surface area contributed by atoms with Crippen molar-refractivity contribution in [1.29, 1.82) is 0 Å². The molecule has 14 nitrogen and oxygen atoms in total. The molecule has 0 radical (unpaired) electrons. The Balaban J connectivity index is 2.79. The van der Waals surface area contributed by atoms with Gasteiger partial charge >= 0.3 is 0 Å². The Labute approximate surface area is 215 Å². The molecule has 0 heterocycles. The molecule has 0 atom stereocenters. The minimum Gasteiger partial charge on any atom is -0.381 e. The van der Waals surface area contributed by atoms with E-state index in [0.29, 0.717) is 19.6 Å². The number of nitrogens with one attached hydrogen (secondary N) is 2. The molecule has 37 heavy (non-hydrogen) atoms. The van der Waals surface area contributed by atoms with Crippen LogP contribution >= 0.6 is 0 Å². The van der Waals surface area contributed by atoms with E-state index in [-0.39, 0.29) is 81.5 Å². The number of azide groups is 2. The topological polar surface area (TPSA) is 200 Å². The highest BCUT2D eigenvalue weighted by Gasteiger charge is 2.16. The molecule has 202 valence electrons. The first-order valence-electron chi connectivity index (χ1n) is 12.0. The van der Waals surface area contributed by atoms with Gasteiger partial charge in [0, 0.05) is 72.3 Å². The summed E-state index contributed by atoms with van der Waals surface area (Å²) in [6, 6.07) is 4.34. The molecule has 0 fully saturated rings. The van der Waals surface area contributed by atoms with Crippen molar-refractivity contribution in [3.63, 3.8) is 0 Å². The van der Waals surface area contributed by atoms with Gasteiger partial charge < -0.3 is 24.8 Å². The van der Waals surface area contributed by atoms with Gasteiger partial charge in [-0.3, -0.25) is 14.4 Å². The fraction of sp³-hybridized carbons (Fsp3) is 0.609. The zero-order valence-electron chi connectivity index (χ0n) is 21.1. The third-order valence-electron chi connectivity index (χ3n) is 4.68. The van der Waals surface area contributed by atoms with Crippen molar-refractivity contribution in [1.82, 2.24) is 10.6 Å². The lowest BCUT2D eigenvalue weighted by Gasteiger charge is -2.11. The third-order valence-corrected chi connectivity index (χ3v) is 4.68. The minimum absolute atomic E-state index is 0.165. The second-order valence-corrected chi connectivity index (χ2v) is 7.58. The van der Waals surface area contributed by atoms with Crippen LogP contribution in [0, 0.1) is 0 Å². The number of ketones is 1. The largest absolute Gasteiger partial charge is 0.381 e. The van der Waals surface area contributed by atoms with Gasteiger partial charge in [-0.1, -0.05) is 17.2 Å². The second kappa shape index (κ2) is 20.5. The summed E-state index contributed by atoms with van der Waals surface area (Å²) in [6.07, 6.45) is 1.63. The molecule has 1 aromatic carbocycles. The molecular formula is C23H34N8O6. The van der Waals surface area contributed by atoms with Gasteiger partial charge in [-0.05, 0) is 42.1 Å². The number of hydrogen-bond acceptors (Lipinski definition) is 8. The molecule has 2 N–H and O–H groups in total. The van der Waals surface area contributed by atoms with Crippen molar-refractivity contribution >= 4 is 17.6 Å². The van der Waals surface area contributed by atoms with Crippen LogP contribution in [0.4, 0.5) is 0 Å². The summed E-state index contributed by atoms with van der Waals surface area (Å²) in [7, 11) is 0. The smallest absolute Gasteiger partial charge is 0.251 e. The highest BCUT2D eigenvalue weighted by molar-refractivity contribution is 6.05. The number of nitrogens with zero attached hydrogens (tertiary/aromatic N) is 6. The molecule has 0 aromatic heterocycles. The maximum atomic E-state index is 12.8. The quantitative estimate of drug-likeness (QED) is 0.0822. The van der Waals surface area contributed by atoms with Gasteiger partial charge in [0.1, 0.15) is 0 Å². The number of hydrogen-bond donors (Lipinski definition) is 2. The Morgan fingerprint density at radius 1 is 0.757 bits per heavy atom. The van der Waals surface area contributed by atoms with Crippen molar-refractivity contribution in [2.75, 3.05) is 65.8 Å². The Hall–Kier alpha value is -3.67. The first-order chi connectivity index (χ1) is 18.0. The van der Waals surface area contributed by atoms with Crippen LogP contribution in [-0.2, 0) is 14.2 Å². The summed E-state index contributed by atoms with van der Waals surface area (Å²) in [4.78, 5) is 43.4. The van der Waals surface area contributed by atoms with E-state index in [1.165, 1.54) is 18.2 Å². The van der Waals surface area contributed by atoms with Gasteiger partial charge in [-0.15, -0.1) is 0 Å². The molecule has 0 aliphatic carbocycles. The van der Waals surface area contributed by atoms with E-state index >= 15 is 0 Å². The van der Waals surface area contributed by atoms with E-state index in [1.807, 2.05) is 6.92 Å². The Morgan fingerprint density at radius 3 is 1.73 bits per heavy atom. The number of carbonyl (C=O) groups is 3. The molecule has 0 saturated heterocycles. The molecule has 0 bridgehead atoms. The SMILES string of the molecule is CCCOCCCC(=O)c1cc(C(=O)NCCOCCN=[N+]=[N-])cc(C(=O)NCCOCCN=[N+]=[N-])c1. The maximum absolute atomic E-state index is 12.8. The minimum atomic E-state index is -0.463. The van der Waals surface area contributed by atoms with Crippen molar-refractivity contribution in [2.24, 2.45) is 10.2 Å². The number of rotatable bonds is 21. The van der Waals surface area contributed by atoms with Crippen LogP contribution in [0.2, 0.25) is 0 Å². The van der Waals surface area contributed by atoms with Crippen LogP contribution in [0.3, 0.4) is 0 Å². The van der Waals surface area contributed by atoms with Gasteiger partial charge in [-0.25, -0.2) is 0 Å². The zero-order chi connectivity index (χ0) is 27.1. The van der Waals surface area contributed by atoms with Crippen molar-refractivity contribution < 1.29 is 28.6 Å². The summed E-state index contributed by atoms with van der Waals surface area (Å²) in [5.41, 5.74) is 17.1. The van der Waals surface area contributed by atoms with Crippen molar-refractivity contribution in [2.45, 2.75) is 26.2 Å². The fourth-order valence-electron chi connectivity index (χ4n) is 2.96. The van der Waals surface area contributed by atoms with Crippen LogP contribution in [0.15, 0.2) is 28.4 Å². The molecular weight excluding hydrogens is 484 g/mol. The summed E-state index contributed by atoms with van der Waals surface area (Å²) in [5, 5.41) is 12.1. The van der Waals surface area contributed by atoms with Gasteiger partial charge in [-0.2, -0.15) is 0 Å². The summed E-state index contributed by atoms with van der Waals surface area (Å²) in [5.74, 6) is -1.13. The van der Waals surface area contributed by atoms with Gasteiger partial charge in [0.25, 0.3) is 11.8 Å². The lowest BCUT2D eigenvalue weighted by molar-refractivity contribution is 0.0919. The van der Waals surface area contributed by atoms with Crippen LogP contribution < -0.4 is 10.6 Å². The first-order valence-corrected chi connectivity index (χ1v) is 12.0. The number of ether oxygens (including phenoxy) is 3. The predicted octanol–water partition coefficient (Wildman–Crippen LogP) is 3.19. The molecule has 14 heteroatoms. The normalized spacial score (nSPS) is 10.2. The van der Waals surface area contributed by atoms with E-state index < -0.39 is 11.8 Å². The average Bonchev–Trinajstić information content (AvgIpc) is 2.91. The highest BCUT2D eigenvalue weighted by atomic mass is 16.5. The molecule has 0 aliphatic heterocycles. The van der Waals surface area contributed by atoms with E-state index in [0.717, 1.165) is 6.42 Å². The monoisotopic (exact) mass is 518 g/mol. The fourth-order valence-corrected chi connectivity index (χ4v) is 2.96. The third kappa shape index (κ3) is 14.5. The van der Waals surface area contributed by atoms with Crippen molar-refractivity contribution in [3.8, 4) is 0 Å². The number of amides is 2. The predicted molar refractivity (Wildman–Crippen MR) is 135 cm³/mol. The van der Waals surface area contributed by atoms with Gasteiger partial charge in [0.15, 0.2) is 5.78 Å². The van der Waals surface area contributed by atoms with Gasteiger partial charge in [0.2, 0.25) is 0 Å². The zero-order valence-corrected chi connectivity index (χ0v) is 21.1. The van der Waals surface area contributed by atoms with Crippen LogP contribution in [0.5, 0.6) is 0 Å². The number of benzene rings is 1. The molecule has 0 unspecified atom stereocenters. The standard InChI is InChI=1S/C23H34N8O6/c1-2-9-35-10-3-4-21(32)18-15-19(22(33)26-5-11-36-13-7-28-30-24)17-20(16-18)23(34)27-6-12-37-14-8-29-31-25/h15-17H,2-14H2,1H3,(H,26,33)(H,27,34). The molecule has 1 rings (SSSR count). The molecule has 0 aliphatic rings. The van der Waals surface area contributed by atoms with Crippen LogP contribution in [0.1, 0.15) is 57.3 Å². The van der Waals surface area contributed by atoms with Gasteiger partial charge in [0.05, 0.1) is 26.4 Å². The lowest BCUT2D eigenvalue weighted by Crippen LogP contribution is -2.30. The van der Waals surface area contributed by atoms with Crippen LogP contribution in [0.25, 0.3) is 20.9 Å². The Morgan fingerprint density at radius 2 is 1.24 bits per heavy atom. The molecule has 0 spiro atoms. The molecule has 0 saturated carbocycles. The number of Topliss-reactive ketones (excluding diaryl/α,β-unsaturated/α-hetero) is 1. The lowest BCUT2D eigenvalue weighted by atomic mass is 9.99. The Bertz CT molecular complexity index is 900. The van der Waals surface area contributed by atoms with E-state index in [2.05, 4.69) is 30.7 Å². The Kier molecular flexibility index (Phi) is 17.4. The first kappa shape index (κ1) is 31.4. The van der Waals surface area contributed by atoms with Crippen LogP contribution in [-0.4, -0.2) is 83.4 Å². The van der Waals surface area contributed by atoms with E-state index in [1.54, 1.807) is 0 Å². The molecule has 2 amide bonds.